The fraction of sp³-hybridized carbons (Fsp3) is 0.250. The van der Waals surface area contributed by atoms with Crippen molar-refractivity contribution in [3.8, 4) is 0 Å². The van der Waals surface area contributed by atoms with Gasteiger partial charge in [0.25, 0.3) is 0 Å². The van der Waals surface area contributed by atoms with Crippen LogP contribution in [-0.2, 0) is 9.84 Å². The number of pyridine rings is 1. The second kappa shape index (κ2) is 5.88. The third kappa shape index (κ3) is 2.53. The van der Waals surface area contributed by atoms with Crippen LogP contribution in [0.2, 0.25) is 0 Å². The van der Waals surface area contributed by atoms with Crippen LogP contribution < -0.4 is 10.2 Å². The van der Waals surface area contributed by atoms with Crippen molar-refractivity contribution in [3.63, 3.8) is 0 Å². The lowest BCUT2D eigenvalue weighted by Crippen LogP contribution is -2.43. The topological polar surface area (TPSA) is 91.0 Å². The Hall–Kier alpha value is -2.45. The summed E-state index contributed by atoms with van der Waals surface area (Å²) in [5.41, 5.74) is 0.998. The number of anilines is 1. The maximum atomic E-state index is 12.9. The first-order valence-electron chi connectivity index (χ1n) is 7.77. The number of sulfone groups is 1. The maximum absolute atomic E-state index is 12.9. The average molecular weight is 343 g/mol. The molecule has 8 heteroatoms. The predicted octanol–water partition coefficient (Wildman–Crippen LogP) is 1.20. The van der Waals surface area contributed by atoms with Crippen LogP contribution in [0.15, 0.2) is 52.4 Å². The van der Waals surface area contributed by atoms with E-state index < -0.39 is 9.84 Å². The highest BCUT2D eigenvalue weighted by Crippen LogP contribution is 2.26. The van der Waals surface area contributed by atoms with Crippen LogP contribution in [-0.4, -0.2) is 49.8 Å². The number of benzene rings is 1. The largest absolute Gasteiger partial charge is 0.354 e. The summed E-state index contributed by atoms with van der Waals surface area (Å²) in [6, 6.07) is 12.0. The minimum absolute atomic E-state index is 0.0271. The molecular weight excluding hydrogens is 326 g/mol. The molecule has 0 radical (unpaired) electrons. The Morgan fingerprint density at radius 3 is 2.50 bits per heavy atom. The number of H-pyrrole nitrogens is 1. The fourth-order valence-corrected chi connectivity index (χ4v) is 4.15. The van der Waals surface area contributed by atoms with Crippen LogP contribution >= 0.6 is 0 Å². The number of aromatic nitrogens is 3. The Balaban J connectivity index is 1.81. The summed E-state index contributed by atoms with van der Waals surface area (Å²) in [7, 11) is -3.71. The quantitative estimate of drug-likeness (QED) is 0.743. The molecule has 1 aliphatic rings. The number of hydrogen-bond acceptors (Lipinski definition) is 6. The Bertz CT molecular complexity index is 963. The Labute approximate surface area is 139 Å². The summed E-state index contributed by atoms with van der Waals surface area (Å²) >= 11 is 0. The minimum Gasteiger partial charge on any atom is -0.354 e. The first-order chi connectivity index (χ1) is 11.7. The molecule has 4 rings (SSSR count). The zero-order valence-corrected chi connectivity index (χ0v) is 13.8. The van der Waals surface area contributed by atoms with Gasteiger partial charge >= 0.3 is 0 Å². The lowest BCUT2D eigenvalue weighted by atomic mass is 10.3. The monoisotopic (exact) mass is 343 g/mol. The lowest BCUT2D eigenvalue weighted by molar-refractivity contribution is 0.585. The van der Waals surface area contributed by atoms with E-state index in [9.17, 15) is 8.42 Å². The van der Waals surface area contributed by atoms with Crippen molar-refractivity contribution in [1.82, 2.24) is 20.5 Å². The van der Waals surface area contributed by atoms with Gasteiger partial charge in [-0.15, -0.1) is 0 Å². The summed E-state index contributed by atoms with van der Waals surface area (Å²) in [5.74, 6) is 0.773. The van der Waals surface area contributed by atoms with Crippen molar-refractivity contribution in [3.05, 3.63) is 42.5 Å². The number of nitrogens with zero attached hydrogens (tertiary/aromatic N) is 3. The summed E-state index contributed by atoms with van der Waals surface area (Å²) in [6.45, 7) is 3.47. The Morgan fingerprint density at radius 2 is 1.75 bits per heavy atom. The van der Waals surface area contributed by atoms with Crippen LogP contribution in [0.25, 0.3) is 11.0 Å². The van der Waals surface area contributed by atoms with Gasteiger partial charge in [0.05, 0.1) is 10.4 Å². The summed E-state index contributed by atoms with van der Waals surface area (Å²) in [5, 5.41) is 10.1. The van der Waals surface area contributed by atoms with Crippen LogP contribution in [0.4, 0.5) is 5.82 Å². The van der Waals surface area contributed by atoms with Crippen LogP contribution in [0.5, 0.6) is 0 Å². The zero-order valence-electron chi connectivity index (χ0n) is 12.9. The molecule has 2 N–H and O–H groups in total. The lowest BCUT2D eigenvalue weighted by Gasteiger charge is -2.28. The van der Waals surface area contributed by atoms with Crippen LogP contribution in [0.1, 0.15) is 0 Å². The number of aromatic amines is 1. The Kier molecular flexibility index (Phi) is 3.70. The van der Waals surface area contributed by atoms with Crippen LogP contribution in [0.3, 0.4) is 0 Å². The van der Waals surface area contributed by atoms with E-state index in [1.54, 1.807) is 30.3 Å². The van der Waals surface area contributed by atoms with E-state index in [1.807, 2.05) is 12.1 Å². The van der Waals surface area contributed by atoms with Crippen molar-refractivity contribution in [2.75, 3.05) is 31.1 Å². The highest BCUT2D eigenvalue weighted by atomic mass is 32.2. The number of fused-ring (bicyclic) bond motifs is 1. The molecular formula is C16H17N5O2S. The molecule has 1 fully saturated rings. The van der Waals surface area contributed by atoms with E-state index in [2.05, 4.69) is 25.4 Å². The number of rotatable bonds is 3. The third-order valence-electron chi connectivity index (χ3n) is 4.11. The number of nitrogens with one attached hydrogen (secondary N) is 2. The van der Waals surface area contributed by atoms with E-state index in [-0.39, 0.29) is 9.92 Å². The molecule has 124 valence electrons. The van der Waals surface area contributed by atoms with Gasteiger partial charge in [-0.2, -0.15) is 5.10 Å². The molecule has 0 saturated carbocycles. The molecule has 24 heavy (non-hydrogen) atoms. The van der Waals surface area contributed by atoms with E-state index in [0.717, 1.165) is 32.0 Å². The second-order valence-corrected chi connectivity index (χ2v) is 7.51. The van der Waals surface area contributed by atoms with Gasteiger partial charge in [-0.05, 0) is 24.3 Å². The van der Waals surface area contributed by atoms with Gasteiger partial charge in [0.15, 0.2) is 0 Å². The molecule has 0 spiro atoms. The van der Waals surface area contributed by atoms with Crippen molar-refractivity contribution in [1.29, 1.82) is 0 Å². The molecule has 1 aliphatic heterocycles. The summed E-state index contributed by atoms with van der Waals surface area (Å²) < 4.78 is 25.7. The smallest absolute Gasteiger partial charge is 0.227 e. The van der Waals surface area contributed by atoms with E-state index in [1.165, 1.54) is 0 Å². The molecule has 3 aromatic rings. The maximum Gasteiger partial charge on any atom is 0.227 e. The zero-order chi connectivity index (χ0) is 16.6. The van der Waals surface area contributed by atoms with Crippen molar-refractivity contribution < 1.29 is 8.42 Å². The second-order valence-electron chi connectivity index (χ2n) is 5.65. The van der Waals surface area contributed by atoms with Gasteiger partial charge < -0.3 is 10.2 Å². The number of hydrogen-bond donors (Lipinski definition) is 2. The van der Waals surface area contributed by atoms with Crippen molar-refractivity contribution >= 4 is 26.7 Å². The van der Waals surface area contributed by atoms with Gasteiger partial charge in [0, 0.05) is 26.2 Å². The standard InChI is InChI=1S/C16H17N5O2S/c22-24(23,12-4-2-1-3-5-12)16-15-13(19-20-16)6-7-14(18-15)21-10-8-17-9-11-21/h1-7,17H,8-11H2,(H,19,20). The predicted molar refractivity (Wildman–Crippen MR) is 90.9 cm³/mol. The minimum atomic E-state index is -3.71. The van der Waals surface area contributed by atoms with Crippen molar-refractivity contribution in [2.45, 2.75) is 9.92 Å². The summed E-state index contributed by atoms with van der Waals surface area (Å²) in [4.78, 5) is 6.93. The third-order valence-corrected chi connectivity index (χ3v) is 5.80. The molecule has 0 atom stereocenters. The van der Waals surface area contributed by atoms with E-state index in [0.29, 0.717) is 11.0 Å². The van der Waals surface area contributed by atoms with E-state index >= 15 is 0 Å². The first kappa shape index (κ1) is 15.1. The first-order valence-corrected chi connectivity index (χ1v) is 9.25. The van der Waals surface area contributed by atoms with Gasteiger partial charge in [0.2, 0.25) is 14.9 Å². The SMILES string of the molecule is O=S(=O)(c1ccccc1)c1n[nH]c2ccc(N3CCNCC3)nc12. The van der Waals surface area contributed by atoms with Crippen LogP contribution in [0, 0.1) is 0 Å². The molecule has 3 heterocycles. The van der Waals surface area contributed by atoms with Gasteiger partial charge in [-0.1, -0.05) is 18.2 Å². The normalized spacial score (nSPS) is 15.8. The molecule has 0 amide bonds. The molecule has 0 aliphatic carbocycles. The molecule has 1 saturated heterocycles. The molecule has 2 aromatic heterocycles. The average Bonchev–Trinajstić information content (AvgIpc) is 3.07. The van der Waals surface area contributed by atoms with Crippen molar-refractivity contribution in [2.24, 2.45) is 0 Å². The summed E-state index contributed by atoms with van der Waals surface area (Å²) in [6.07, 6.45) is 0. The number of piperazine rings is 1. The highest BCUT2D eigenvalue weighted by molar-refractivity contribution is 7.91. The fourth-order valence-electron chi connectivity index (χ4n) is 2.83. The van der Waals surface area contributed by atoms with Gasteiger partial charge in [-0.3, -0.25) is 5.10 Å². The molecule has 0 unspecified atom stereocenters. The molecule has 0 bridgehead atoms. The van der Waals surface area contributed by atoms with Gasteiger partial charge in [-0.25, -0.2) is 13.4 Å². The highest BCUT2D eigenvalue weighted by Gasteiger charge is 2.25. The Morgan fingerprint density at radius 1 is 1.00 bits per heavy atom. The molecule has 7 nitrogen and oxygen atoms in total. The molecule has 1 aromatic carbocycles. The van der Waals surface area contributed by atoms with Gasteiger partial charge in [0.1, 0.15) is 11.3 Å². The van der Waals surface area contributed by atoms with E-state index in [4.69, 9.17) is 0 Å².